The van der Waals surface area contributed by atoms with Gasteiger partial charge in [-0.25, -0.2) is 0 Å². The number of nitrogens with zero attached hydrogens (tertiary/aromatic N) is 1. The number of esters is 1. The van der Waals surface area contributed by atoms with Crippen molar-refractivity contribution in [1.29, 1.82) is 0 Å². The van der Waals surface area contributed by atoms with Gasteiger partial charge in [0.15, 0.2) is 0 Å². The molecule has 1 aromatic rings. The molecular weight excluding hydrogens is 234 g/mol. The lowest BCUT2D eigenvalue weighted by molar-refractivity contribution is -0.240. The van der Waals surface area contributed by atoms with Gasteiger partial charge in [-0.2, -0.15) is 0 Å². The van der Waals surface area contributed by atoms with Gasteiger partial charge in [0, 0.05) is 19.7 Å². The van der Waals surface area contributed by atoms with E-state index >= 15 is 0 Å². The Bertz CT molecular complexity index is 457. The second-order valence-electron chi connectivity index (χ2n) is 3.93. The van der Waals surface area contributed by atoms with Crippen molar-refractivity contribution in [3.8, 4) is 5.75 Å². The minimum Gasteiger partial charge on any atom is -0.566 e. The van der Waals surface area contributed by atoms with E-state index in [9.17, 15) is 9.90 Å². The van der Waals surface area contributed by atoms with Crippen LogP contribution in [0.1, 0.15) is 23.6 Å². The Morgan fingerprint density at radius 2 is 1.89 bits per heavy atom. The zero-order valence-corrected chi connectivity index (χ0v) is 10.9. The molecule has 0 aliphatic carbocycles. The molecule has 0 amide bonds. The Balaban J connectivity index is 2.93. The highest BCUT2D eigenvalue weighted by molar-refractivity contribution is 5.67. The van der Waals surface area contributed by atoms with E-state index in [1.807, 2.05) is 26.0 Å². The zero-order valence-electron chi connectivity index (χ0n) is 10.9. The van der Waals surface area contributed by atoms with Gasteiger partial charge in [0.2, 0.25) is 0 Å². The Kier molecular flexibility index (Phi) is 4.71. The number of aliphatic imine (C=N–C) groups is 1. The molecule has 0 saturated carbocycles. The van der Waals surface area contributed by atoms with Gasteiger partial charge in [0.25, 0.3) is 0 Å². The summed E-state index contributed by atoms with van der Waals surface area (Å²) >= 11 is 0. The van der Waals surface area contributed by atoms with Crippen LogP contribution in [0.5, 0.6) is 5.75 Å². The van der Waals surface area contributed by atoms with Crippen LogP contribution in [-0.2, 0) is 16.1 Å². The van der Waals surface area contributed by atoms with Crippen molar-refractivity contribution in [2.45, 2.75) is 27.4 Å². The van der Waals surface area contributed by atoms with Gasteiger partial charge in [-0.3, -0.25) is 9.79 Å². The fourth-order valence-corrected chi connectivity index (χ4v) is 1.60. The summed E-state index contributed by atoms with van der Waals surface area (Å²) in [4.78, 5) is 14.2. The van der Waals surface area contributed by atoms with Crippen LogP contribution in [-0.4, -0.2) is 19.1 Å². The first-order valence-corrected chi connectivity index (χ1v) is 5.49. The van der Waals surface area contributed by atoms with E-state index in [1.165, 1.54) is 14.0 Å². The number of ether oxygens (including phenoxy) is 2. The van der Waals surface area contributed by atoms with Crippen LogP contribution in [0.25, 0.3) is 0 Å². The largest absolute Gasteiger partial charge is 0.566 e. The van der Waals surface area contributed by atoms with E-state index in [0.717, 1.165) is 16.7 Å². The predicted octanol–water partition coefficient (Wildman–Crippen LogP) is 1.09. The van der Waals surface area contributed by atoms with Crippen LogP contribution >= 0.6 is 0 Å². The summed E-state index contributed by atoms with van der Waals surface area (Å²) in [6, 6.07) is 3.63. The van der Waals surface area contributed by atoms with E-state index in [-0.39, 0.29) is 12.6 Å². The van der Waals surface area contributed by atoms with Gasteiger partial charge in [0.1, 0.15) is 12.7 Å². The highest BCUT2D eigenvalue weighted by Gasteiger charge is 2.04. The Morgan fingerprint density at radius 1 is 1.33 bits per heavy atom. The van der Waals surface area contributed by atoms with Crippen molar-refractivity contribution in [2.75, 3.05) is 7.05 Å². The second kappa shape index (κ2) is 6.05. The van der Waals surface area contributed by atoms with Crippen LogP contribution in [0.15, 0.2) is 17.1 Å². The maximum atomic E-state index is 11.1. The fourth-order valence-electron chi connectivity index (χ4n) is 1.60. The van der Waals surface area contributed by atoms with E-state index in [0.29, 0.717) is 5.75 Å². The molecule has 0 aromatic heterocycles. The molecule has 0 atom stereocenters. The summed E-state index contributed by atoms with van der Waals surface area (Å²) in [5.41, 5.74) is 2.46. The number of benzene rings is 1. The number of aryl methyl sites for hydroxylation is 2. The van der Waals surface area contributed by atoms with Crippen LogP contribution in [0.3, 0.4) is 0 Å². The van der Waals surface area contributed by atoms with Gasteiger partial charge in [-0.1, -0.05) is 12.1 Å². The van der Waals surface area contributed by atoms with Gasteiger partial charge in [-0.05, 0) is 30.5 Å². The molecule has 0 unspecified atom stereocenters. The maximum Gasteiger partial charge on any atom is 0.302 e. The molecule has 98 valence electrons. The SMILES string of the molecule is CN=C([O-])Oc1c(C)cc(COC(C)=O)cc1C. The molecule has 1 aromatic carbocycles. The van der Waals surface area contributed by atoms with Crippen molar-refractivity contribution in [3.05, 3.63) is 28.8 Å². The molecule has 18 heavy (non-hydrogen) atoms. The molecule has 0 radical (unpaired) electrons. The molecule has 5 nitrogen and oxygen atoms in total. The first kappa shape index (κ1) is 14.0. The summed E-state index contributed by atoms with van der Waals surface area (Å²) in [5.74, 6) is 0.169. The third-order valence-electron chi connectivity index (χ3n) is 2.33. The Hall–Kier alpha value is -2.04. The molecular formula is C13H16NO4-. The molecule has 5 heteroatoms. The van der Waals surface area contributed by atoms with Gasteiger partial charge >= 0.3 is 5.97 Å². The lowest BCUT2D eigenvalue weighted by Gasteiger charge is -2.20. The van der Waals surface area contributed by atoms with Crippen molar-refractivity contribution in [3.63, 3.8) is 0 Å². The predicted molar refractivity (Wildman–Crippen MR) is 65.4 cm³/mol. The maximum absolute atomic E-state index is 11.1. The van der Waals surface area contributed by atoms with Crippen LogP contribution in [0.2, 0.25) is 0 Å². The molecule has 0 heterocycles. The highest BCUT2D eigenvalue weighted by Crippen LogP contribution is 2.25. The standard InChI is InChI=1S/C13H17NO4/c1-8-5-11(7-17-10(3)15)6-9(2)12(8)18-13(16)14-4/h5-6H,7H2,1-4H3,(H,14,16)/p-1. The van der Waals surface area contributed by atoms with Crippen molar-refractivity contribution in [1.82, 2.24) is 0 Å². The average Bonchev–Trinajstić information content (AvgIpc) is 2.30. The lowest BCUT2D eigenvalue weighted by atomic mass is 10.1. The first-order chi connectivity index (χ1) is 8.43. The molecule has 1 rings (SSSR count). The molecule has 0 aliphatic rings. The number of carbonyl (C=O) groups is 1. The number of hydrogen-bond donors (Lipinski definition) is 0. The molecule has 0 saturated heterocycles. The lowest BCUT2D eigenvalue weighted by Crippen LogP contribution is -2.25. The number of carbonyl (C=O) groups excluding carboxylic acids is 1. The monoisotopic (exact) mass is 250 g/mol. The summed E-state index contributed by atoms with van der Waals surface area (Å²) in [6.07, 6.45) is -0.631. The first-order valence-electron chi connectivity index (χ1n) is 5.49. The van der Waals surface area contributed by atoms with Crippen LogP contribution in [0, 0.1) is 13.8 Å². The third-order valence-corrected chi connectivity index (χ3v) is 2.33. The molecule has 0 bridgehead atoms. The van der Waals surface area contributed by atoms with Crippen LogP contribution < -0.4 is 9.84 Å². The van der Waals surface area contributed by atoms with Crippen molar-refractivity contribution >= 4 is 12.1 Å². The summed E-state index contributed by atoms with van der Waals surface area (Å²) in [6.45, 7) is 5.22. The van der Waals surface area contributed by atoms with Crippen LogP contribution in [0.4, 0.5) is 0 Å². The molecule has 0 aliphatic heterocycles. The van der Waals surface area contributed by atoms with Crippen molar-refractivity contribution in [2.24, 2.45) is 4.99 Å². The topological polar surface area (TPSA) is 71.0 Å². The van der Waals surface area contributed by atoms with E-state index in [1.54, 1.807) is 0 Å². The van der Waals surface area contributed by atoms with Gasteiger partial charge in [-0.15, -0.1) is 0 Å². The normalized spacial score (nSPS) is 11.2. The van der Waals surface area contributed by atoms with Gasteiger partial charge in [0.05, 0.1) is 0 Å². The van der Waals surface area contributed by atoms with E-state index in [4.69, 9.17) is 9.47 Å². The van der Waals surface area contributed by atoms with E-state index in [2.05, 4.69) is 4.99 Å². The minimum atomic E-state index is -0.631. The minimum absolute atomic E-state index is 0.212. The van der Waals surface area contributed by atoms with E-state index < -0.39 is 6.08 Å². The number of hydrogen-bond acceptors (Lipinski definition) is 5. The molecule has 0 N–H and O–H groups in total. The highest BCUT2D eigenvalue weighted by atomic mass is 16.6. The molecule has 0 spiro atoms. The average molecular weight is 250 g/mol. The molecule has 0 fully saturated rings. The number of rotatable bonds is 3. The second-order valence-corrected chi connectivity index (χ2v) is 3.93. The Labute approximate surface area is 106 Å². The fraction of sp³-hybridized carbons (Fsp3) is 0.385. The Morgan fingerprint density at radius 3 is 2.33 bits per heavy atom. The quantitative estimate of drug-likeness (QED) is 0.457. The summed E-state index contributed by atoms with van der Waals surface area (Å²) in [7, 11) is 1.38. The summed E-state index contributed by atoms with van der Waals surface area (Å²) in [5, 5.41) is 11.1. The van der Waals surface area contributed by atoms with Crippen molar-refractivity contribution < 1.29 is 19.4 Å². The zero-order chi connectivity index (χ0) is 13.7. The smallest absolute Gasteiger partial charge is 0.302 e. The third kappa shape index (κ3) is 3.76. The van der Waals surface area contributed by atoms with Gasteiger partial charge < -0.3 is 14.6 Å². The summed E-state index contributed by atoms with van der Waals surface area (Å²) < 4.78 is 10.0.